The molecule has 152 valence electrons. The van der Waals surface area contributed by atoms with Gasteiger partial charge in [-0.05, 0) is 36.6 Å². The minimum Gasteiger partial charge on any atom is -0.368 e. The number of hydrogen-bond acceptors (Lipinski definition) is 5. The number of thiophene rings is 1. The zero-order chi connectivity index (χ0) is 19.5. The lowest BCUT2D eigenvalue weighted by Gasteiger charge is -2.38. The largest absolute Gasteiger partial charge is 0.368 e. The van der Waals surface area contributed by atoms with Crippen molar-refractivity contribution in [2.75, 3.05) is 13.2 Å². The molecule has 4 rings (SSSR count). The van der Waals surface area contributed by atoms with Crippen molar-refractivity contribution in [1.82, 2.24) is 10.2 Å². The van der Waals surface area contributed by atoms with E-state index in [1.165, 1.54) is 30.6 Å². The van der Waals surface area contributed by atoms with Crippen LogP contribution in [0.3, 0.4) is 0 Å². The summed E-state index contributed by atoms with van der Waals surface area (Å²) in [5.41, 5.74) is 0.586. The lowest BCUT2D eigenvalue weighted by molar-refractivity contribution is -0.142. The van der Waals surface area contributed by atoms with Gasteiger partial charge in [-0.2, -0.15) is 11.3 Å². The first-order valence-electron chi connectivity index (χ1n) is 10.4. The monoisotopic (exact) mass is 404 g/mol. The van der Waals surface area contributed by atoms with Crippen molar-refractivity contribution in [1.29, 1.82) is 0 Å². The summed E-state index contributed by atoms with van der Waals surface area (Å²) in [5.74, 6) is 0.0980. The maximum atomic E-state index is 13.5. The summed E-state index contributed by atoms with van der Waals surface area (Å²) >= 11 is 1.46. The van der Waals surface area contributed by atoms with Gasteiger partial charge in [0.1, 0.15) is 18.7 Å². The Balaban J connectivity index is 1.51. The van der Waals surface area contributed by atoms with Crippen molar-refractivity contribution in [2.45, 2.75) is 69.6 Å². The van der Waals surface area contributed by atoms with E-state index < -0.39 is 12.1 Å². The van der Waals surface area contributed by atoms with Crippen LogP contribution in [0, 0.1) is 5.92 Å². The smallest absolute Gasteiger partial charge is 0.252 e. The van der Waals surface area contributed by atoms with Gasteiger partial charge >= 0.3 is 0 Å². The van der Waals surface area contributed by atoms with E-state index in [1.807, 2.05) is 5.38 Å². The fourth-order valence-electron chi connectivity index (χ4n) is 4.85. The van der Waals surface area contributed by atoms with Crippen LogP contribution in [0.25, 0.3) is 0 Å². The van der Waals surface area contributed by atoms with Crippen LogP contribution in [0.4, 0.5) is 0 Å². The summed E-state index contributed by atoms with van der Waals surface area (Å²) in [4.78, 5) is 40.2. The first-order chi connectivity index (χ1) is 13.6. The topological polar surface area (TPSA) is 75.7 Å². The van der Waals surface area contributed by atoms with E-state index in [0.29, 0.717) is 24.4 Å². The Morgan fingerprint density at radius 2 is 2.04 bits per heavy atom. The zero-order valence-corrected chi connectivity index (χ0v) is 16.9. The van der Waals surface area contributed by atoms with Gasteiger partial charge in [-0.25, -0.2) is 0 Å². The Kier molecular flexibility index (Phi) is 6.11. The highest BCUT2D eigenvalue weighted by atomic mass is 32.1. The lowest BCUT2D eigenvalue weighted by atomic mass is 9.84. The molecule has 0 unspecified atom stereocenters. The number of nitrogens with one attached hydrogen (secondary N) is 1. The highest BCUT2D eigenvalue weighted by Crippen LogP contribution is 2.30. The van der Waals surface area contributed by atoms with Gasteiger partial charge in [0.05, 0.1) is 11.7 Å². The molecule has 3 fully saturated rings. The van der Waals surface area contributed by atoms with Gasteiger partial charge in [-0.3, -0.25) is 14.4 Å². The Morgan fingerprint density at radius 1 is 1.21 bits per heavy atom. The third-order valence-electron chi connectivity index (χ3n) is 6.31. The number of hydrogen-bond donors (Lipinski definition) is 1. The standard InChI is InChI=1S/C21H28N2O4S/c24-17-12-27-18-7-4-9-23(19(17)18)21(26)16(11-14-5-2-1-3-6-14)22-20(25)15-8-10-28-13-15/h8,10,13-14,16,18-19H,1-7,9,11-12H2,(H,22,25)/t16-,18-,19-/m0/s1. The normalized spacial score (nSPS) is 26.7. The van der Waals surface area contributed by atoms with Crippen LogP contribution in [-0.4, -0.2) is 53.8 Å². The summed E-state index contributed by atoms with van der Waals surface area (Å²) in [6.45, 7) is 0.651. The highest BCUT2D eigenvalue weighted by molar-refractivity contribution is 7.08. The molecule has 1 N–H and O–H groups in total. The summed E-state index contributed by atoms with van der Waals surface area (Å²) in [6, 6.07) is 0.712. The van der Waals surface area contributed by atoms with Crippen LogP contribution in [-0.2, 0) is 14.3 Å². The lowest BCUT2D eigenvalue weighted by Crippen LogP contribution is -2.58. The molecule has 3 aliphatic rings. The Labute approximate surface area is 169 Å². The van der Waals surface area contributed by atoms with Crippen molar-refractivity contribution in [3.05, 3.63) is 22.4 Å². The number of piperidine rings is 1. The molecule has 2 aliphatic heterocycles. The molecule has 3 heterocycles. The van der Waals surface area contributed by atoms with Gasteiger partial charge in [0.15, 0.2) is 5.78 Å². The fourth-order valence-corrected chi connectivity index (χ4v) is 5.49. The fraction of sp³-hybridized carbons (Fsp3) is 0.667. The van der Waals surface area contributed by atoms with Crippen molar-refractivity contribution in [3.8, 4) is 0 Å². The van der Waals surface area contributed by atoms with Crippen molar-refractivity contribution in [2.24, 2.45) is 5.92 Å². The van der Waals surface area contributed by atoms with E-state index in [9.17, 15) is 14.4 Å². The number of Topliss-reactive ketones (excluding diaryl/α,β-unsaturated/α-hetero) is 1. The number of amides is 2. The maximum absolute atomic E-state index is 13.5. The van der Waals surface area contributed by atoms with Crippen LogP contribution in [0.1, 0.15) is 61.7 Å². The second kappa shape index (κ2) is 8.74. The van der Waals surface area contributed by atoms with Gasteiger partial charge in [-0.15, -0.1) is 0 Å². The molecule has 0 bridgehead atoms. The predicted octanol–water partition coefficient (Wildman–Crippen LogP) is 2.78. The molecule has 0 spiro atoms. The average molecular weight is 405 g/mol. The summed E-state index contributed by atoms with van der Waals surface area (Å²) in [7, 11) is 0. The van der Waals surface area contributed by atoms with Crippen LogP contribution < -0.4 is 5.32 Å². The van der Waals surface area contributed by atoms with Gasteiger partial charge in [0.25, 0.3) is 5.91 Å². The summed E-state index contributed by atoms with van der Waals surface area (Å²) < 4.78 is 5.59. The van der Waals surface area contributed by atoms with Gasteiger partial charge < -0.3 is 15.0 Å². The first-order valence-corrected chi connectivity index (χ1v) is 11.4. The maximum Gasteiger partial charge on any atom is 0.252 e. The number of ether oxygens (including phenoxy) is 1. The van der Waals surface area contributed by atoms with E-state index in [2.05, 4.69) is 5.32 Å². The molecule has 28 heavy (non-hydrogen) atoms. The van der Waals surface area contributed by atoms with E-state index >= 15 is 0 Å². The molecular weight excluding hydrogens is 376 g/mol. The molecule has 1 aromatic heterocycles. The van der Waals surface area contributed by atoms with Crippen LogP contribution >= 0.6 is 11.3 Å². The van der Waals surface area contributed by atoms with E-state index in [4.69, 9.17) is 4.74 Å². The molecule has 6 nitrogen and oxygen atoms in total. The number of nitrogens with zero attached hydrogens (tertiary/aromatic N) is 1. The van der Waals surface area contributed by atoms with E-state index in [-0.39, 0.29) is 30.3 Å². The van der Waals surface area contributed by atoms with Crippen LogP contribution in [0.2, 0.25) is 0 Å². The van der Waals surface area contributed by atoms with Gasteiger partial charge in [0, 0.05) is 11.9 Å². The average Bonchev–Trinajstić information content (AvgIpc) is 3.38. The molecule has 2 amide bonds. The minimum absolute atomic E-state index is 0.0152. The molecule has 2 saturated heterocycles. The molecule has 1 aromatic rings. The van der Waals surface area contributed by atoms with Crippen LogP contribution in [0.15, 0.2) is 16.8 Å². The SMILES string of the molecule is O=C(N[C@@H](CC1CCCCC1)C(=O)N1CCC[C@@H]2OCC(=O)[C@@H]21)c1ccsc1. The summed E-state index contributed by atoms with van der Waals surface area (Å²) in [6.07, 6.45) is 7.93. The second-order valence-corrected chi connectivity index (χ2v) is 8.99. The van der Waals surface area contributed by atoms with E-state index in [0.717, 1.165) is 25.7 Å². The minimum atomic E-state index is -0.581. The van der Waals surface area contributed by atoms with Crippen molar-refractivity contribution < 1.29 is 19.1 Å². The molecule has 0 aromatic carbocycles. The summed E-state index contributed by atoms with van der Waals surface area (Å²) in [5, 5.41) is 6.64. The zero-order valence-electron chi connectivity index (χ0n) is 16.1. The molecule has 7 heteroatoms. The number of carbonyl (C=O) groups excluding carboxylic acids is 3. The van der Waals surface area contributed by atoms with Crippen LogP contribution in [0.5, 0.6) is 0 Å². The number of carbonyl (C=O) groups is 3. The highest BCUT2D eigenvalue weighted by Gasteiger charge is 2.46. The first kappa shape index (κ1) is 19.6. The Hall–Kier alpha value is -1.73. The predicted molar refractivity (Wildman–Crippen MR) is 106 cm³/mol. The number of ketones is 1. The van der Waals surface area contributed by atoms with E-state index in [1.54, 1.807) is 16.3 Å². The number of rotatable bonds is 5. The van der Waals surface area contributed by atoms with Crippen molar-refractivity contribution >= 4 is 28.9 Å². The third kappa shape index (κ3) is 4.15. The van der Waals surface area contributed by atoms with Gasteiger partial charge in [-0.1, -0.05) is 32.1 Å². The number of fused-ring (bicyclic) bond motifs is 1. The quantitative estimate of drug-likeness (QED) is 0.819. The molecule has 1 saturated carbocycles. The number of likely N-dealkylation sites (tertiary alicyclic amines) is 1. The molecule has 1 aliphatic carbocycles. The molecule has 3 atom stereocenters. The molecule has 0 radical (unpaired) electrons. The second-order valence-electron chi connectivity index (χ2n) is 8.21. The Morgan fingerprint density at radius 3 is 2.79 bits per heavy atom. The third-order valence-corrected chi connectivity index (χ3v) is 6.99. The Bertz CT molecular complexity index is 714. The molecular formula is C21H28N2O4S. The van der Waals surface area contributed by atoms with Crippen molar-refractivity contribution in [3.63, 3.8) is 0 Å². The van der Waals surface area contributed by atoms with Gasteiger partial charge in [0.2, 0.25) is 5.91 Å².